The second kappa shape index (κ2) is 6.52. The van der Waals surface area contributed by atoms with Crippen LogP contribution >= 0.6 is 22.6 Å². The van der Waals surface area contributed by atoms with Crippen molar-refractivity contribution in [3.63, 3.8) is 0 Å². The highest BCUT2D eigenvalue weighted by molar-refractivity contribution is 14.1. The monoisotopic (exact) mass is 441 g/mol. The molecule has 0 aliphatic heterocycles. The van der Waals surface area contributed by atoms with Crippen LogP contribution in [0, 0.1) is 3.57 Å². The standard InChI is InChI=1S/C15H19F3INOSi/c1-22(2,3)9-8-21-10-20-12-7-5-4-6-11(12)13(19)14(20)15(16,17)18/h4-7H,8-10H2,1-3H3. The van der Waals surface area contributed by atoms with Crippen LogP contribution in [-0.4, -0.2) is 19.2 Å². The Morgan fingerprint density at radius 2 is 1.82 bits per heavy atom. The molecule has 122 valence electrons. The molecule has 1 heterocycles. The number of para-hydroxylation sites is 1. The Morgan fingerprint density at radius 3 is 2.41 bits per heavy atom. The van der Waals surface area contributed by atoms with Gasteiger partial charge in [0, 0.05) is 20.1 Å². The van der Waals surface area contributed by atoms with Crippen molar-refractivity contribution in [2.45, 2.75) is 38.6 Å². The Kier molecular flexibility index (Phi) is 5.28. The summed E-state index contributed by atoms with van der Waals surface area (Å²) >= 11 is 1.77. The van der Waals surface area contributed by atoms with Gasteiger partial charge in [0.15, 0.2) is 0 Å². The third-order valence-electron chi connectivity index (χ3n) is 3.39. The van der Waals surface area contributed by atoms with E-state index in [4.69, 9.17) is 4.74 Å². The van der Waals surface area contributed by atoms with Crippen molar-refractivity contribution in [3.05, 3.63) is 33.5 Å². The second-order valence-corrected chi connectivity index (χ2v) is 13.2. The van der Waals surface area contributed by atoms with Crippen LogP contribution in [0.2, 0.25) is 25.7 Å². The lowest BCUT2D eigenvalue weighted by Gasteiger charge is -2.17. The highest BCUT2D eigenvalue weighted by atomic mass is 127. The quantitative estimate of drug-likeness (QED) is 0.336. The number of ether oxygens (including phenoxy) is 1. The smallest absolute Gasteiger partial charge is 0.361 e. The molecule has 1 aromatic heterocycles. The fraction of sp³-hybridized carbons (Fsp3) is 0.467. The zero-order valence-corrected chi connectivity index (χ0v) is 16.0. The topological polar surface area (TPSA) is 14.2 Å². The molecule has 0 aliphatic carbocycles. The van der Waals surface area contributed by atoms with Gasteiger partial charge in [-0.15, -0.1) is 0 Å². The van der Waals surface area contributed by atoms with E-state index < -0.39 is 19.9 Å². The van der Waals surface area contributed by atoms with Crippen LogP contribution in [0.4, 0.5) is 13.2 Å². The van der Waals surface area contributed by atoms with Gasteiger partial charge in [0.05, 0.1) is 9.09 Å². The molecular weight excluding hydrogens is 422 g/mol. The lowest BCUT2D eigenvalue weighted by molar-refractivity contribution is -0.146. The van der Waals surface area contributed by atoms with Crippen molar-refractivity contribution in [2.24, 2.45) is 0 Å². The SMILES string of the molecule is C[Si](C)(C)CCOCn1c(C(F)(F)F)c(I)c2ccccc21. The van der Waals surface area contributed by atoms with Gasteiger partial charge in [0.25, 0.3) is 0 Å². The number of hydrogen-bond donors (Lipinski definition) is 0. The second-order valence-electron chi connectivity index (χ2n) is 6.45. The molecule has 7 heteroatoms. The Labute approximate surface area is 142 Å². The summed E-state index contributed by atoms with van der Waals surface area (Å²) in [5.74, 6) is 0. The molecule has 0 unspecified atom stereocenters. The summed E-state index contributed by atoms with van der Waals surface area (Å²) in [6.45, 7) is 7.07. The molecule has 0 saturated heterocycles. The van der Waals surface area contributed by atoms with E-state index in [0.717, 1.165) is 6.04 Å². The molecule has 2 aromatic rings. The van der Waals surface area contributed by atoms with Crippen molar-refractivity contribution >= 4 is 41.6 Å². The first-order chi connectivity index (χ1) is 10.1. The molecule has 2 rings (SSSR count). The summed E-state index contributed by atoms with van der Waals surface area (Å²) in [4.78, 5) is 0. The van der Waals surface area contributed by atoms with Gasteiger partial charge in [-0.3, -0.25) is 0 Å². The molecule has 0 fully saturated rings. The highest BCUT2D eigenvalue weighted by Crippen LogP contribution is 2.38. The zero-order valence-electron chi connectivity index (χ0n) is 12.8. The number of fused-ring (bicyclic) bond motifs is 1. The first kappa shape index (κ1) is 17.8. The number of hydrogen-bond acceptors (Lipinski definition) is 1. The minimum Gasteiger partial charge on any atom is -0.361 e. The molecule has 22 heavy (non-hydrogen) atoms. The van der Waals surface area contributed by atoms with Crippen LogP contribution in [0.1, 0.15) is 5.69 Å². The number of nitrogens with zero attached hydrogens (tertiary/aromatic N) is 1. The first-order valence-corrected chi connectivity index (χ1v) is 11.8. The first-order valence-electron chi connectivity index (χ1n) is 7.03. The van der Waals surface area contributed by atoms with E-state index in [2.05, 4.69) is 19.6 Å². The van der Waals surface area contributed by atoms with Crippen LogP contribution in [-0.2, 0) is 17.6 Å². The van der Waals surface area contributed by atoms with Gasteiger partial charge < -0.3 is 9.30 Å². The van der Waals surface area contributed by atoms with Crippen LogP contribution in [0.5, 0.6) is 0 Å². The molecule has 0 amide bonds. The van der Waals surface area contributed by atoms with E-state index in [9.17, 15) is 13.2 Å². The predicted octanol–water partition coefficient (Wildman–Crippen LogP) is 5.58. The van der Waals surface area contributed by atoms with Crippen molar-refractivity contribution in [3.8, 4) is 0 Å². The molecule has 0 bridgehead atoms. The molecule has 0 aliphatic rings. The minimum absolute atomic E-state index is 0.0666. The third-order valence-corrected chi connectivity index (χ3v) is 6.19. The van der Waals surface area contributed by atoms with E-state index in [0.29, 0.717) is 17.5 Å². The molecule has 0 atom stereocenters. The number of halogens is 4. The van der Waals surface area contributed by atoms with Crippen LogP contribution in [0.25, 0.3) is 10.9 Å². The van der Waals surface area contributed by atoms with Crippen molar-refractivity contribution in [1.82, 2.24) is 4.57 Å². The summed E-state index contributed by atoms with van der Waals surface area (Å²) in [5, 5.41) is 0.615. The number of rotatable bonds is 5. The molecular formula is C15H19F3INOSi. The number of benzene rings is 1. The van der Waals surface area contributed by atoms with E-state index in [1.165, 1.54) is 4.57 Å². The summed E-state index contributed by atoms with van der Waals surface area (Å²) in [6, 6.07) is 7.85. The zero-order chi connectivity index (χ0) is 16.5. The molecule has 2 nitrogen and oxygen atoms in total. The maximum absolute atomic E-state index is 13.4. The molecule has 1 aromatic carbocycles. The van der Waals surface area contributed by atoms with E-state index in [1.807, 2.05) is 0 Å². The summed E-state index contributed by atoms with van der Waals surface area (Å²) in [7, 11) is -1.25. The van der Waals surface area contributed by atoms with Crippen LogP contribution < -0.4 is 0 Å². The van der Waals surface area contributed by atoms with E-state index in [-0.39, 0.29) is 10.3 Å². The van der Waals surface area contributed by atoms with Gasteiger partial charge in [0.2, 0.25) is 0 Å². The van der Waals surface area contributed by atoms with Gasteiger partial charge >= 0.3 is 6.18 Å². The lowest BCUT2D eigenvalue weighted by atomic mass is 10.2. The fourth-order valence-electron chi connectivity index (χ4n) is 2.21. The average molecular weight is 441 g/mol. The maximum Gasteiger partial charge on any atom is 0.432 e. The fourth-order valence-corrected chi connectivity index (χ4v) is 4.02. The number of aromatic nitrogens is 1. The van der Waals surface area contributed by atoms with Gasteiger partial charge in [0.1, 0.15) is 12.4 Å². The molecule has 0 N–H and O–H groups in total. The van der Waals surface area contributed by atoms with E-state index >= 15 is 0 Å². The van der Waals surface area contributed by atoms with Gasteiger partial charge in [-0.05, 0) is 34.7 Å². The van der Waals surface area contributed by atoms with Crippen molar-refractivity contribution < 1.29 is 17.9 Å². The summed E-state index contributed by atoms with van der Waals surface area (Å²) < 4.78 is 47.1. The lowest BCUT2D eigenvalue weighted by Crippen LogP contribution is -2.22. The van der Waals surface area contributed by atoms with Crippen LogP contribution in [0.3, 0.4) is 0 Å². The average Bonchev–Trinajstić information content (AvgIpc) is 2.67. The molecule has 0 saturated carbocycles. The van der Waals surface area contributed by atoms with Gasteiger partial charge in [-0.1, -0.05) is 37.8 Å². The highest BCUT2D eigenvalue weighted by Gasteiger charge is 2.38. The Morgan fingerprint density at radius 1 is 1.18 bits per heavy atom. The van der Waals surface area contributed by atoms with Crippen molar-refractivity contribution in [2.75, 3.05) is 6.61 Å². The summed E-state index contributed by atoms with van der Waals surface area (Å²) in [6.07, 6.45) is -4.39. The largest absolute Gasteiger partial charge is 0.432 e. The summed E-state index contributed by atoms with van der Waals surface area (Å²) in [5.41, 5.74) is -0.0606. The normalized spacial score (nSPS) is 13.0. The minimum atomic E-state index is -4.39. The molecule has 0 radical (unpaired) electrons. The Balaban J connectivity index is 2.31. The number of alkyl halides is 3. The van der Waals surface area contributed by atoms with Gasteiger partial charge in [-0.2, -0.15) is 13.2 Å². The predicted molar refractivity (Wildman–Crippen MR) is 93.8 cm³/mol. The van der Waals surface area contributed by atoms with Gasteiger partial charge in [-0.25, -0.2) is 0 Å². The third kappa shape index (κ3) is 4.05. The van der Waals surface area contributed by atoms with Crippen LogP contribution in [0.15, 0.2) is 24.3 Å². The molecule has 0 spiro atoms. The maximum atomic E-state index is 13.4. The Bertz CT molecular complexity index is 661. The van der Waals surface area contributed by atoms with Crippen molar-refractivity contribution in [1.29, 1.82) is 0 Å². The van der Waals surface area contributed by atoms with E-state index in [1.54, 1.807) is 46.9 Å². The Hall–Kier alpha value is -0.543.